The van der Waals surface area contributed by atoms with E-state index in [0.717, 1.165) is 29.9 Å². The molecule has 1 atom stereocenters. The van der Waals surface area contributed by atoms with E-state index in [0.29, 0.717) is 30.8 Å². The van der Waals surface area contributed by atoms with Gasteiger partial charge in [0.2, 0.25) is 0 Å². The molecule has 0 amide bonds. The number of hydrogen-bond acceptors (Lipinski definition) is 5. The van der Waals surface area contributed by atoms with Crippen molar-refractivity contribution in [3.63, 3.8) is 0 Å². The van der Waals surface area contributed by atoms with Gasteiger partial charge in [0.05, 0.1) is 13.2 Å². The molecule has 1 N–H and O–H groups in total. The van der Waals surface area contributed by atoms with Crippen molar-refractivity contribution >= 4 is 11.8 Å². The zero-order valence-corrected chi connectivity index (χ0v) is 18.6. The van der Waals surface area contributed by atoms with Crippen LogP contribution in [0.15, 0.2) is 78.9 Å². The molecule has 6 heteroatoms. The van der Waals surface area contributed by atoms with Gasteiger partial charge in [-0.05, 0) is 54.8 Å². The van der Waals surface area contributed by atoms with Crippen molar-refractivity contribution in [2.24, 2.45) is 0 Å². The SMILES string of the molecule is CO[C@@H](Cc1ccc(OCCCCOc2ccc(C(=O)c3ccccc3)cc2)cc1)C(=O)O. The van der Waals surface area contributed by atoms with Gasteiger partial charge in [-0.25, -0.2) is 4.79 Å². The van der Waals surface area contributed by atoms with E-state index in [1.165, 1.54) is 7.11 Å². The van der Waals surface area contributed by atoms with Gasteiger partial charge in [0.1, 0.15) is 11.5 Å². The van der Waals surface area contributed by atoms with E-state index in [2.05, 4.69) is 0 Å². The lowest BCUT2D eigenvalue weighted by Crippen LogP contribution is -2.24. The second-order valence-corrected chi connectivity index (χ2v) is 7.53. The Hall–Kier alpha value is -3.64. The fourth-order valence-electron chi connectivity index (χ4n) is 3.25. The number of carbonyl (C=O) groups is 2. The van der Waals surface area contributed by atoms with E-state index in [9.17, 15) is 9.59 Å². The molecule has 0 aromatic heterocycles. The van der Waals surface area contributed by atoms with Crippen molar-refractivity contribution < 1.29 is 28.9 Å². The molecule has 0 bridgehead atoms. The number of carbonyl (C=O) groups excluding carboxylic acids is 1. The first-order valence-electron chi connectivity index (χ1n) is 10.9. The van der Waals surface area contributed by atoms with Gasteiger partial charge in [0.15, 0.2) is 11.9 Å². The second kappa shape index (κ2) is 12.4. The molecular formula is C27H28O6. The summed E-state index contributed by atoms with van der Waals surface area (Å²) in [6.45, 7) is 1.12. The molecule has 0 aliphatic carbocycles. The largest absolute Gasteiger partial charge is 0.494 e. The molecule has 0 spiro atoms. The van der Waals surface area contributed by atoms with Crippen LogP contribution >= 0.6 is 0 Å². The van der Waals surface area contributed by atoms with Gasteiger partial charge in [-0.2, -0.15) is 0 Å². The Bertz CT molecular complexity index is 1010. The summed E-state index contributed by atoms with van der Waals surface area (Å²) in [7, 11) is 1.39. The smallest absolute Gasteiger partial charge is 0.333 e. The van der Waals surface area contributed by atoms with E-state index in [1.54, 1.807) is 24.3 Å². The first-order chi connectivity index (χ1) is 16.1. The molecule has 0 radical (unpaired) electrons. The Balaban J connectivity index is 1.34. The van der Waals surface area contributed by atoms with Crippen LogP contribution in [0.1, 0.15) is 34.3 Å². The molecule has 3 aromatic rings. The first kappa shape index (κ1) is 24.0. The van der Waals surface area contributed by atoms with Crippen LogP contribution in [0.3, 0.4) is 0 Å². The predicted octanol–water partition coefficient (Wildman–Crippen LogP) is 4.80. The molecule has 0 fully saturated rings. The molecule has 0 heterocycles. The van der Waals surface area contributed by atoms with Crippen LogP contribution in [-0.4, -0.2) is 43.3 Å². The van der Waals surface area contributed by atoms with Gasteiger partial charge in [0.25, 0.3) is 0 Å². The number of carboxylic acids is 1. The molecule has 0 aliphatic heterocycles. The summed E-state index contributed by atoms with van der Waals surface area (Å²) >= 11 is 0. The van der Waals surface area contributed by atoms with E-state index in [-0.39, 0.29) is 5.78 Å². The van der Waals surface area contributed by atoms with Crippen LogP contribution in [0, 0.1) is 0 Å². The van der Waals surface area contributed by atoms with Crippen molar-refractivity contribution in [1.29, 1.82) is 0 Å². The minimum atomic E-state index is -0.975. The van der Waals surface area contributed by atoms with Gasteiger partial charge in [-0.1, -0.05) is 42.5 Å². The highest BCUT2D eigenvalue weighted by molar-refractivity contribution is 6.08. The fourth-order valence-corrected chi connectivity index (χ4v) is 3.25. The number of unbranched alkanes of at least 4 members (excludes halogenated alkanes) is 1. The van der Waals surface area contributed by atoms with E-state index in [1.807, 2.05) is 54.6 Å². The molecule has 33 heavy (non-hydrogen) atoms. The van der Waals surface area contributed by atoms with Crippen LogP contribution in [0.2, 0.25) is 0 Å². The van der Waals surface area contributed by atoms with Gasteiger partial charge in [-0.3, -0.25) is 4.79 Å². The van der Waals surface area contributed by atoms with E-state index >= 15 is 0 Å². The topological polar surface area (TPSA) is 82.1 Å². The van der Waals surface area contributed by atoms with Gasteiger partial charge in [0, 0.05) is 24.7 Å². The van der Waals surface area contributed by atoms with Crippen LogP contribution in [-0.2, 0) is 16.0 Å². The zero-order chi connectivity index (χ0) is 23.5. The van der Waals surface area contributed by atoms with Crippen molar-refractivity contribution in [3.05, 3.63) is 95.6 Å². The minimum Gasteiger partial charge on any atom is -0.494 e. The Labute approximate surface area is 193 Å². The number of carboxylic acid groups (broad SMARTS) is 1. The predicted molar refractivity (Wildman–Crippen MR) is 125 cm³/mol. The van der Waals surface area contributed by atoms with Gasteiger partial charge >= 0.3 is 5.97 Å². The number of hydrogen-bond donors (Lipinski definition) is 1. The number of benzene rings is 3. The summed E-state index contributed by atoms with van der Waals surface area (Å²) < 4.78 is 16.4. The van der Waals surface area contributed by atoms with Crippen molar-refractivity contribution in [2.75, 3.05) is 20.3 Å². The van der Waals surface area contributed by atoms with E-state index in [4.69, 9.17) is 19.3 Å². The second-order valence-electron chi connectivity index (χ2n) is 7.53. The quantitative estimate of drug-likeness (QED) is 0.299. The fraction of sp³-hybridized carbons (Fsp3) is 0.259. The number of ketones is 1. The summed E-state index contributed by atoms with van der Waals surface area (Å²) in [6.07, 6.45) is 1.12. The highest BCUT2D eigenvalue weighted by Crippen LogP contribution is 2.17. The maximum atomic E-state index is 12.4. The van der Waals surface area contributed by atoms with Crippen molar-refractivity contribution in [2.45, 2.75) is 25.4 Å². The minimum absolute atomic E-state index is 0.00673. The molecule has 0 saturated carbocycles. The molecular weight excluding hydrogens is 420 g/mol. The Morgan fingerprint density at radius 2 is 1.27 bits per heavy atom. The van der Waals surface area contributed by atoms with Crippen molar-refractivity contribution in [1.82, 2.24) is 0 Å². The average molecular weight is 449 g/mol. The summed E-state index contributed by atoms with van der Waals surface area (Å²) in [5.74, 6) is 0.485. The maximum absolute atomic E-state index is 12.4. The Morgan fingerprint density at radius 1 is 0.758 bits per heavy atom. The molecule has 3 rings (SSSR count). The number of ether oxygens (including phenoxy) is 3. The van der Waals surface area contributed by atoms with Gasteiger partial charge < -0.3 is 19.3 Å². The lowest BCUT2D eigenvalue weighted by Gasteiger charge is -2.11. The summed E-state index contributed by atoms with van der Waals surface area (Å²) in [5, 5.41) is 9.05. The number of rotatable bonds is 13. The highest BCUT2D eigenvalue weighted by Gasteiger charge is 2.16. The Morgan fingerprint density at radius 3 is 1.79 bits per heavy atom. The lowest BCUT2D eigenvalue weighted by atomic mass is 10.0. The number of methoxy groups -OCH3 is 1. The van der Waals surface area contributed by atoms with Crippen LogP contribution < -0.4 is 9.47 Å². The molecule has 6 nitrogen and oxygen atoms in total. The molecule has 0 unspecified atom stereocenters. The molecule has 3 aromatic carbocycles. The first-order valence-corrected chi connectivity index (χ1v) is 10.9. The Kier molecular flexibility index (Phi) is 9.03. The highest BCUT2D eigenvalue weighted by atomic mass is 16.5. The van der Waals surface area contributed by atoms with Crippen LogP contribution in [0.5, 0.6) is 11.5 Å². The molecule has 0 saturated heterocycles. The summed E-state index contributed by atoms with van der Waals surface area (Å²) in [4.78, 5) is 23.5. The average Bonchev–Trinajstić information content (AvgIpc) is 2.85. The van der Waals surface area contributed by atoms with Crippen LogP contribution in [0.25, 0.3) is 0 Å². The summed E-state index contributed by atoms with van der Waals surface area (Å²) in [5.41, 5.74) is 2.18. The lowest BCUT2D eigenvalue weighted by molar-refractivity contribution is -0.148. The third-order valence-electron chi connectivity index (χ3n) is 5.13. The van der Waals surface area contributed by atoms with Crippen molar-refractivity contribution in [3.8, 4) is 11.5 Å². The normalized spacial score (nSPS) is 11.5. The summed E-state index contributed by atoms with van der Waals surface area (Å²) in [6, 6.07) is 23.7. The monoisotopic (exact) mass is 448 g/mol. The third-order valence-corrected chi connectivity index (χ3v) is 5.13. The van der Waals surface area contributed by atoms with Crippen LogP contribution in [0.4, 0.5) is 0 Å². The number of aliphatic carboxylic acids is 1. The maximum Gasteiger partial charge on any atom is 0.333 e. The molecule has 0 aliphatic rings. The molecule has 172 valence electrons. The van der Waals surface area contributed by atoms with Gasteiger partial charge in [-0.15, -0.1) is 0 Å². The third kappa shape index (κ3) is 7.47. The van der Waals surface area contributed by atoms with E-state index < -0.39 is 12.1 Å². The standard InChI is InChI=1S/C27H28O6/c1-31-25(27(29)30)19-20-9-13-23(14-10-20)32-17-5-6-18-33-24-15-11-22(12-16-24)26(28)21-7-3-2-4-8-21/h2-4,7-16,25H,5-6,17-19H2,1H3,(H,29,30)/t25-/m0/s1. The zero-order valence-electron chi connectivity index (χ0n) is 18.6.